The molecule has 0 rings (SSSR count). The number of esters is 1. The van der Waals surface area contributed by atoms with Gasteiger partial charge in [0.15, 0.2) is 0 Å². The summed E-state index contributed by atoms with van der Waals surface area (Å²) >= 11 is 0. The summed E-state index contributed by atoms with van der Waals surface area (Å²) in [5, 5.41) is 0. The van der Waals surface area contributed by atoms with Gasteiger partial charge in [0, 0.05) is 6.42 Å². The molecular formula is C13H24O2. The van der Waals surface area contributed by atoms with E-state index in [2.05, 4.69) is 26.8 Å². The van der Waals surface area contributed by atoms with Crippen molar-refractivity contribution in [2.75, 3.05) is 0 Å². The highest BCUT2D eigenvalue weighted by molar-refractivity contribution is 5.69. The van der Waals surface area contributed by atoms with Crippen molar-refractivity contribution < 1.29 is 9.53 Å². The molecule has 0 aromatic heterocycles. The first-order chi connectivity index (χ1) is 6.91. The van der Waals surface area contributed by atoms with Gasteiger partial charge < -0.3 is 4.74 Å². The Kier molecular flexibility index (Phi) is 7.10. The number of hydrogen-bond acceptors (Lipinski definition) is 2. The lowest BCUT2D eigenvalue weighted by Gasteiger charge is -2.11. The van der Waals surface area contributed by atoms with Gasteiger partial charge in [-0.2, -0.15) is 0 Å². The summed E-state index contributed by atoms with van der Waals surface area (Å²) in [6.45, 7) is 10.0. The molecule has 0 N–H and O–H groups in total. The fourth-order valence-electron chi connectivity index (χ4n) is 1.35. The minimum Gasteiger partial charge on any atom is -0.463 e. The number of ether oxygens (including phenoxy) is 1. The molecule has 2 heteroatoms. The number of allylic oxidation sites excluding steroid dienone is 2. The van der Waals surface area contributed by atoms with Crippen LogP contribution in [0.3, 0.4) is 0 Å². The van der Waals surface area contributed by atoms with Crippen LogP contribution in [0.25, 0.3) is 0 Å². The van der Waals surface area contributed by atoms with Gasteiger partial charge in [-0.25, -0.2) is 0 Å². The molecule has 0 amide bonds. The number of carbonyl (C=O) groups is 1. The third-order valence-corrected chi connectivity index (χ3v) is 2.09. The van der Waals surface area contributed by atoms with Crippen LogP contribution in [0.1, 0.15) is 53.9 Å². The lowest BCUT2D eigenvalue weighted by atomic mass is 10.0. The molecule has 0 saturated heterocycles. The van der Waals surface area contributed by atoms with Crippen molar-refractivity contribution in [1.82, 2.24) is 0 Å². The van der Waals surface area contributed by atoms with Crippen molar-refractivity contribution >= 4 is 5.97 Å². The summed E-state index contributed by atoms with van der Waals surface area (Å²) in [7, 11) is 0. The van der Waals surface area contributed by atoms with E-state index in [4.69, 9.17) is 4.74 Å². The molecule has 1 unspecified atom stereocenters. The Morgan fingerprint density at radius 1 is 1.27 bits per heavy atom. The Bertz CT molecular complexity index is 213. The van der Waals surface area contributed by atoms with Gasteiger partial charge in [0.2, 0.25) is 0 Å². The zero-order valence-corrected chi connectivity index (χ0v) is 10.7. The highest BCUT2D eigenvalue weighted by atomic mass is 16.5. The standard InChI is InChI=1S/C13H24O2/c1-10(2)7-6-8-12(5)9-13(14)15-11(3)4/h7,11-12H,6,8-9H2,1-5H3. The van der Waals surface area contributed by atoms with Gasteiger partial charge >= 0.3 is 5.97 Å². The minimum absolute atomic E-state index is 0.00230. The molecule has 88 valence electrons. The Labute approximate surface area is 93.7 Å². The summed E-state index contributed by atoms with van der Waals surface area (Å²) in [4.78, 5) is 11.3. The molecule has 0 aromatic carbocycles. The molecule has 0 aliphatic carbocycles. The second kappa shape index (κ2) is 7.49. The topological polar surface area (TPSA) is 26.3 Å². The van der Waals surface area contributed by atoms with Gasteiger partial charge in [-0.1, -0.05) is 18.6 Å². The predicted octanol–water partition coefficient (Wildman–Crippen LogP) is 3.71. The lowest BCUT2D eigenvalue weighted by Crippen LogP contribution is -2.14. The first kappa shape index (κ1) is 14.2. The van der Waals surface area contributed by atoms with Crippen LogP contribution in [0.5, 0.6) is 0 Å². The molecule has 0 aliphatic heterocycles. The third kappa shape index (κ3) is 9.51. The van der Waals surface area contributed by atoms with E-state index in [1.165, 1.54) is 5.57 Å². The molecule has 0 spiro atoms. The van der Waals surface area contributed by atoms with E-state index in [0.29, 0.717) is 12.3 Å². The number of rotatable bonds is 6. The second-order valence-electron chi connectivity index (χ2n) is 4.71. The highest BCUT2D eigenvalue weighted by Crippen LogP contribution is 2.13. The number of carbonyl (C=O) groups excluding carboxylic acids is 1. The van der Waals surface area contributed by atoms with E-state index < -0.39 is 0 Å². The van der Waals surface area contributed by atoms with E-state index in [9.17, 15) is 4.79 Å². The molecule has 0 radical (unpaired) electrons. The van der Waals surface area contributed by atoms with E-state index >= 15 is 0 Å². The van der Waals surface area contributed by atoms with Crippen LogP contribution in [0.4, 0.5) is 0 Å². The third-order valence-electron chi connectivity index (χ3n) is 2.09. The molecule has 0 bridgehead atoms. The molecule has 0 aromatic rings. The van der Waals surface area contributed by atoms with Gasteiger partial charge in [-0.3, -0.25) is 4.79 Å². The van der Waals surface area contributed by atoms with Crippen molar-refractivity contribution in [2.45, 2.75) is 60.0 Å². The van der Waals surface area contributed by atoms with Gasteiger partial charge in [0.25, 0.3) is 0 Å². The van der Waals surface area contributed by atoms with Crippen LogP contribution in [0.15, 0.2) is 11.6 Å². The smallest absolute Gasteiger partial charge is 0.306 e. The summed E-state index contributed by atoms with van der Waals surface area (Å²) in [6, 6.07) is 0. The van der Waals surface area contributed by atoms with Crippen molar-refractivity contribution in [3.63, 3.8) is 0 Å². The van der Waals surface area contributed by atoms with Gasteiger partial charge in [-0.15, -0.1) is 0 Å². The normalized spacial score (nSPS) is 12.4. The molecule has 0 aliphatic rings. The van der Waals surface area contributed by atoms with Gasteiger partial charge in [0.05, 0.1) is 6.10 Å². The first-order valence-corrected chi connectivity index (χ1v) is 5.74. The van der Waals surface area contributed by atoms with Crippen molar-refractivity contribution in [2.24, 2.45) is 5.92 Å². The zero-order valence-electron chi connectivity index (χ0n) is 10.7. The molecular weight excluding hydrogens is 188 g/mol. The summed E-state index contributed by atoms with van der Waals surface area (Å²) in [6.07, 6.45) is 4.86. The van der Waals surface area contributed by atoms with E-state index in [0.717, 1.165) is 12.8 Å². The van der Waals surface area contributed by atoms with Crippen LogP contribution < -0.4 is 0 Å². The zero-order chi connectivity index (χ0) is 11.8. The Morgan fingerprint density at radius 2 is 1.87 bits per heavy atom. The number of hydrogen-bond donors (Lipinski definition) is 0. The van der Waals surface area contributed by atoms with E-state index in [-0.39, 0.29) is 12.1 Å². The highest BCUT2D eigenvalue weighted by Gasteiger charge is 2.10. The lowest BCUT2D eigenvalue weighted by molar-refractivity contribution is -0.148. The second-order valence-corrected chi connectivity index (χ2v) is 4.71. The molecule has 1 atom stereocenters. The van der Waals surface area contributed by atoms with Crippen molar-refractivity contribution in [3.05, 3.63) is 11.6 Å². The first-order valence-electron chi connectivity index (χ1n) is 5.74. The molecule has 0 heterocycles. The van der Waals surface area contributed by atoms with Crippen LogP contribution in [-0.2, 0) is 9.53 Å². The molecule has 15 heavy (non-hydrogen) atoms. The summed E-state index contributed by atoms with van der Waals surface area (Å²) in [5.74, 6) is 0.335. The van der Waals surface area contributed by atoms with Crippen molar-refractivity contribution in [1.29, 1.82) is 0 Å². The summed E-state index contributed by atoms with van der Waals surface area (Å²) in [5.41, 5.74) is 1.34. The van der Waals surface area contributed by atoms with E-state index in [1.54, 1.807) is 0 Å². The maximum absolute atomic E-state index is 11.3. The molecule has 0 fully saturated rings. The maximum Gasteiger partial charge on any atom is 0.306 e. The van der Waals surface area contributed by atoms with Gasteiger partial charge in [-0.05, 0) is 46.5 Å². The monoisotopic (exact) mass is 212 g/mol. The Morgan fingerprint density at radius 3 is 2.33 bits per heavy atom. The summed E-state index contributed by atoms with van der Waals surface area (Å²) < 4.78 is 5.09. The van der Waals surface area contributed by atoms with Crippen LogP contribution in [0.2, 0.25) is 0 Å². The SMILES string of the molecule is CC(C)=CCCC(C)CC(=O)OC(C)C. The average Bonchev–Trinajstić information content (AvgIpc) is 2.00. The maximum atomic E-state index is 11.3. The van der Waals surface area contributed by atoms with Crippen LogP contribution >= 0.6 is 0 Å². The Hall–Kier alpha value is -0.790. The fourth-order valence-corrected chi connectivity index (χ4v) is 1.35. The average molecular weight is 212 g/mol. The van der Waals surface area contributed by atoms with E-state index in [1.807, 2.05) is 13.8 Å². The quantitative estimate of drug-likeness (QED) is 0.495. The fraction of sp³-hybridized carbons (Fsp3) is 0.769. The molecule has 2 nitrogen and oxygen atoms in total. The largest absolute Gasteiger partial charge is 0.463 e. The minimum atomic E-state index is -0.0744. The predicted molar refractivity (Wildman–Crippen MR) is 63.7 cm³/mol. The molecule has 0 saturated carbocycles. The van der Waals surface area contributed by atoms with Crippen LogP contribution in [-0.4, -0.2) is 12.1 Å². The van der Waals surface area contributed by atoms with Crippen LogP contribution in [0, 0.1) is 5.92 Å². The van der Waals surface area contributed by atoms with Gasteiger partial charge in [0.1, 0.15) is 0 Å². The Balaban J connectivity index is 3.69. The van der Waals surface area contributed by atoms with Crippen molar-refractivity contribution in [3.8, 4) is 0 Å².